The predicted octanol–water partition coefficient (Wildman–Crippen LogP) is 0.334. The molecule has 0 saturated carbocycles. The molecule has 1 spiro atoms. The third-order valence-electron chi connectivity index (χ3n) is 3.12. The van der Waals surface area contributed by atoms with Crippen molar-refractivity contribution in [2.75, 3.05) is 6.61 Å². The minimum atomic E-state index is -1.23. The summed E-state index contributed by atoms with van der Waals surface area (Å²) in [5, 5.41) is 9.29. The molecule has 3 atom stereocenters. The van der Waals surface area contributed by atoms with Gasteiger partial charge < -0.3 is 19.3 Å². The molecular weight excluding hydrogens is 228 g/mol. The zero-order chi connectivity index (χ0) is 12.5. The smallest absolute Gasteiger partial charge is 0.319 e. The van der Waals surface area contributed by atoms with Crippen molar-refractivity contribution in [1.29, 1.82) is 0 Å². The Balaban J connectivity index is 1.85. The normalized spacial score (nSPS) is 44.6. The van der Waals surface area contributed by atoms with Crippen molar-refractivity contribution in [3.05, 3.63) is 0 Å². The fourth-order valence-electron chi connectivity index (χ4n) is 2.68. The van der Waals surface area contributed by atoms with Gasteiger partial charge >= 0.3 is 5.97 Å². The largest absolute Gasteiger partial charge is 0.394 e. The van der Waals surface area contributed by atoms with Crippen LogP contribution in [0.5, 0.6) is 0 Å². The van der Waals surface area contributed by atoms with E-state index in [1.54, 1.807) is 13.8 Å². The molecule has 17 heavy (non-hydrogen) atoms. The lowest BCUT2D eigenvalue weighted by molar-refractivity contribution is -0.586. The standard InChI is InChI=1S/C11H18O6/c1-9(2)14-7-6(5-12)13-11(8(7)15-9)16-10(3,4)17-11/h6-8,12H,5H2,1-4H3/t6-,7-,8-/m1/s1. The van der Waals surface area contributed by atoms with Crippen molar-refractivity contribution in [3.8, 4) is 0 Å². The van der Waals surface area contributed by atoms with Crippen molar-refractivity contribution in [3.63, 3.8) is 0 Å². The molecule has 0 unspecified atom stereocenters. The summed E-state index contributed by atoms with van der Waals surface area (Å²) in [6.07, 6.45) is -1.33. The van der Waals surface area contributed by atoms with Gasteiger partial charge in [0.15, 0.2) is 17.7 Å². The van der Waals surface area contributed by atoms with Crippen LogP contribution in [0.15, 0.2) is 0 Å². The summed E-state index contributed by atoms with van der Waals surface area (Å²) in [6.45, 7) is 7.07. The first-order valence-corrected chi connectivity index (χ1v) is 5.82. The Morgan fingerprint density at radius 2 is 1.59 bits per heavy atom. The van der Waals surface area contributed by atoms with E-state index in [-0.39, 0.29) is 12.7 Å². The fraction of sp³-hybridized carbons (Fsp3) is 1.00. The summed E-state index contributed by atoms with van der Waals surface area (Å²) >= 11 is 0. The summed E-state index contributed by atoms with van der Waals surface area (Å²) in [5.74, 6) is -2.63. The zero-order valence-corrected chi connectivity index (χ0v) is 10.4. The molecule has 6 nitrogen and oxygen atoms in total. The van der Waals surface area contributed by atoms with E-state index in [9.17, 15) is 5.11 Å². The van der Waals surface area contributed by atoms with Crippen LogP contribution in [0.25, 0.3) is 0 Å². The Morgan fingerprint density at radius 3 is 2.12 bits per heavy atom. The van der Waals surface area contributed by atoms with E-state index in [4.69, 9.17) is 23.7 Å². The molecule has 1 N–H and O–H groups in total. The monoisotopic (exact) mass is 246 g/mol. The Morgan fingerprint density at radius 1 is 0.941 bits per heavy atom. The first-order chi connectivity index (χ1) is 7.77. The van der Waals surface area contributed by atoms with Crippen LogP contribution in [-0.2, 0) is 23.7 Å². The maximum absolute atomic E-state index is 9.29. The molecule has 3 rings (SSSR count). The van der Waals surface area contributed by atoms with Gasteiger partial charge in [-0.3, -0.25) is 9.47 Å². The van der Waals surface area contributed by atoms with Crippen LogP contribution in [0, 0.1) is 0 Å². The number of hydrogen-bond donors (Lipinski definition) is 1. The van der Waals surface area contributed by atoms with E-state index < -0.39 is 29.8 Å². The second-order valence-electron chi connectivity index (χ2n) is 5.57. The molecule has 0 radical (unpaired) electrons. The van der Waals surface area contributed by atoms with Crippen LogP contribution in [0.3, 0.4) is 0 Å². The fourth-order valence-corrected chi connectivity index (χ4v) is 2.68. The molecule has 6 heteroatoms. The minimum Gasteiger partial charge on any atom is -0.394 e. The van der Waals surface area contributed by atoms with Crippen molar-refractivity contribution >= 4 is 0 Å². The molecule has 3 aliphatic rings. The van der Waals surface area contributed by atoms with Crippen LogP contribution in [0.4, 0.5) is 0 Å². The molecule has 0 aromatic heterocycles. The molecular formula is C11H18O6. The van der Waals surface area contributed by atoms with Crippen LogP contribution in [0.1, 0.15) is 27.7 Å². The Bertz CT molecular complexity index is 331. The molecule has 3 heterocycles. The molecule has 0 aromatic carbocycles. The second-order valence-corrected chi connectivity index (χ2v) is 5.57. The topological polar surface area (TPSA) is 66.4 Å². The van der Waals surface area contributed by atoms with Gasteiger partial charge in [0.05, 0.1) is 6.61 Å². The average Bonchev–Trinajstić information content (AvgIpc) is 2.58. The highest BCUT2D eigenvalue weighted by molar-refractivity contribution is 5.02. The highest BCUT2D eigenvalue weighted by atomic mass is 17.0. The maximum Gasteiger partial charge on any atom is 0.319 e. The first kappa shape index (κ1) is 11.8. The van der Waals surface area contributed by atoms with E-state index in [0.29, 0.717) is 0 Å². The first-order valence-electron chi connectivity index (χ1n) is 5.82. The van der Waals surface area contributed by atoms with E-state index in [1.165, 1.54) is 0 Å². The van der Waals surface area contributed by atoms with Crippen LogP contribution in [-0.4, -0.2) is 47.6 Å². The minimum absolute atomic E-state index is 0.157. The SMILES string of the molecule is CC1(C)O[C@H]2[C@@H](O1)C1(O[C@@H]2CO)OC(C)(C)O1. The van der Waals surface area contributed by atoms with Crippen LogP contribution in [0.2, 0.25) is 0 Å². The Labute approximate surface area is 99.7 Å². The highest BCUT2D eigenvalue weighted by Crippen LogP contribution is 2.52. The van der Waals surface area contributed by atoms with Gasteiger partial charge in [-0.2, -0.15) is 0 Å². The summed E-state index contributed by atoms with van der Waals surface area (Å²) < 4.78 is 28.3. The van der Waals surface area contributed by atoms with Gasteiger partial charge in [-0.1, -0.05) is 0 Å². The Kier molecular flexibility index (Phi) is 2.23. The number of ether oxygens (including phenoxy) is 5. The zero-order valence-electron chi connectivity index (χ0n) is 10.4. The molecule has 0 aromatic rings. The molecule has 3 fully saturated rings. The van der Waals surface area contributed by atoms with Crippen molar-refractivity contribution in [2.45, 2.75) is 63.6 Å². The lowest BCUT2D eigenvalue weighted by Crippen LogP contribution is -2.65. The van der Waals surface area contributed by atoms with Crippen LogP contribution >= 0.6 is 0 Å². The maximum atomic E-state index is 9.29. The molecule has 98 valence electrons. The third-order valence-corrected chi connectivity index (χ3v) is 3.12. The second kappa shape index (κ2) is 3.20. The summed E-state index contributed by atoms with van der Waals surface area (Å²) in [4.78, 5) is 0. The summed E-state index contributed by atoms with van der Waals surface area (Å²) in [6, 6.07) is 0. The molecule has 3 saturated heterocycles. The van der Waals surface area contributed by atoms with Gasteiger partial charge in [-0.15, -0.1) is 0 Å². The quantitative estimate of drug-likeness (QED) is 0.719. The molecule has 0 bridgehead atoms. The number of hydrogen-bond acceptors (Lipinski definition) is 6. The van der Waals surface area contributed by atoms with Gasteiger partial charge in [-0.05, 0) is 27.7 Å². The molecule has 0 amide bonds. The van der Waals surface area contributed by atoms with Gasteiger partial charge in [-0.25, -0.2) is 0 Å². The van der Waals surface area contributed by atoms with E-state index in [2.05, 4.69) is 0 Å². The summed E-state index contributed by atoms with van der Waals surface area (Å²) in [5.41, 5.74) is 0. The van der Waals surface area contributed by atoms with E-state index in [1.807, 2.05) is 13.8 Å². The number of rotatable bonds is 1. The molecule has 0 aliphatic carbocycles. The lowest BCUT2D eigenvalue weighted by atomic mass is 10.1. The number of aliphatic hydroxyl groups is 1. The van der Waals surface area contributed by atoms with Gasteiger partial charge in [0.2, 0.25) is 0 Å². The van der Waals surface area contributed by atoms with Gasteiger partial charge in [0, 0.05) is 0 Å². The predicted molar refractivity (Wildman–Crippen MR) is 54.8 cm³/mol. The van der Waals surface area contributed by atoms with Gasteiger partial charge in [0.25, 0.3) is 0 Å². The number of fused-ring (bicyclic) bond motifs is 2. The van der Waals surface area contributed by atoms with Crippen LogP contribution < -0.4 is 0 Å². The van der Waals surface area contributed by atoms with Crippen molar-refractivity contribution in [2.24, 2.45) is 0 Å². The lowest BCUT2D eigenvalue weighted by Gasteiger charge is -2.51. The van der Waals surface area contributed by atoms with E-state index in [0.717, 1.165) is 0 Å². The molecule has 3 aliphatic heterocycles. The van der Waals surface area contributed by atoms with Crippen molar-refractivity contribution < 1.29 is 28.8 Å². The van der Waals surface area contributed by atoms with Crippen molar-refractivity contribution in [1.82, 2.24) is 0 Å². The highest BCUT2D eigenvalue weighted by Gasteiger charge is 2.72. The average molecular weight is 246 g/mol. The summed E-state index contributed by atoms with van der Waals surface area (Å²) in [7, 11) is 0. The van der Waals surface area contributed by atoms with E-state index >= 15 is 0 Å². The third kappa shape index (κ3) is 1.63. The van der Waals surface area contributed by atoms with Gasteiger partial charge in [0.1, 0.15) is 12.2 Å². The number of aliphatic hydroxyl groups excluding tert-OH is 1. The Hall–Kier alpha value is -0.240.